The van der Waals surface area contributed by atoms with Crippen LogP contribution in [0.1, 0.15) is 11.1 Å². The van der Waals surface area contributed by atoms with Crippen molar-refractivity contribution in [3.63, 3.8) is 0 Å². The summed E-state index contributed by atoms with van der Waals surface area (Å²) in [5.41, 5.74) is 1.69. The normalized spacial score (nSPS) is 12.7. The number of carbonyl (C=O) groups excluding carboxylic acids is 2. The van der Waals surface area contributed by atoms with Gasteiger partial charge in [-0.3, -0.25) is 19.4 Å². The standard InChI is InChI=1S/C20H23N3O5S/c21-23(13-16(24)25)20(28)18(29)17(26)19(27)22(11-14-7-3-1-4-8-14)12-15-9-5-2-6-10-15/h1-10,17-18,26,29H,11-13,21H2,(H,24,25)/t17-,18+/m0/s1. The Labute approximate surface area is 173 Å². The molecule has 0 heterocycles. The fraction of sp³-hybridized carbons (Fsp3) is 0.250. The predicted octanol–water partition coefficient (Wildman–Crippen LogP) is 0.662. The number of aliphatic carboxylic acids is 1. The second-order valence-corrected chi connectivity index (χ2v) is 6.97. The van der Waals surface area contributed by atoms with Crippen molar-refractivity contribution < 1.29 is 24.6 Å². The minimum absolute atomic E-state index is 0.210. The Balaban J connectivity index is 2.18. The number of carbonyl (C=O) groups is 3. The fourth-order valence-corrected chi connectivity index (χ4v) is 2.95. The van der Waals surface area contributed by atoms with Crippen molar-refractivity contribution in [2.45, 2.75) is 24.4 Å². The number of hydrogen-bond acceptors (Lipinski definition) is 6. The van der Waals surface area contributed by atoms with E-state index in [0.29, 0.717) is 5.01 Å². The highest BCUT2D eigenvalue weighted by molar-refractivity contribution is 7.81. The molecule has 0 aliphatic heterocycles. The minimum Gasteiger partial charge on any atom is -0.480 e. The molecular formula is C20H23N3O5S. The van der Waals surface area contributed by atoms with Gasteiger partial charge in [0.1, 0.15) is 11.8 Å². The average Bonchev–Trinajstić information content (AvgIpc) is 2.72. The zero-order valence-electron chi connectivity index (χ0n) is 15.6. The molecule has 29 heavy (non-hydrogen) atoms. The van der Waals surface area contributed by atoms with E-state index >= 15 is 0 Å². The first kappa shape index (κ1) is 22.4. The summed E-state index contributed by atoms with van der Waals surface area (Å²) in [5.74, 6) is 2.40. The number of aliphatic hydroxyl groups excluding tert-OH is 1. The number of carboxylic acid groups (broad SMARTS) is 1. The van der Waals surface area contributed by atoms with E-state index < -0.39 is 35.7 Å². The van der Waals surface area contributed by atoms with E-state index in [1.165, 1.54) is 4.90 Å². The number of aliphatic hydroxyl groups is 1. The van der Waals surface area contributed by atoms with E-state index in [1.54, 1.807) is 0 Å². The Hall–Kier alpha value is -2.88. The van der Waals surface area contributed by atoms with Crippen molar-refractivity contribution in [3.05, 3.63) is 71.8 Å². The van der Waals surface area contributed by atoms with Gasteiger partial charge in [-0.25, -0.2) is 5.84 Å². The summed E-state index contributed by atoms with van der Waals surface area (Å²) in [6.45, 7) is -0.349. The van der Waals surface area contributed by atoms with E-state index in [9.17, 15) is 19.5 Å². The third kappa shape index (κ3) is 6.60. The van der Waals surface area contributed by atoms with E-state index in [-0.39, 0.29) is 13.1 Å². The predicted molar refractivity (Wildman–Crippen MR) is 109 cm³/mol. The molecule has 0 aliphatic rings. The van der Waals surface area contributed by atoms with Crippen LogP contribution >= 0.6 is 12.6 Å². The Morgan fingerprint density at radius 1 is 0.897 bits per heavy atom. The Morgan fingerprint density at radius 3 is 1.76 bits per heavy atom. The molecule has 0 saturated heterocycles. The first-order valence-electron chi connectivity index (χ1n) is 8.80. The number of benzene rings is 2. The van der Waals surface area contributed by atoms with Crippen molar-refractivity contribution in [2.24, 2.45) is 5.84 Å². The molecule has 0 bridgehead atoms. The highest BCUT2D eigenvalue weighted by Crippen LogP contribution is 2.15. The van der Waals surface area contributed by atoms with Gasteiger partial charge in [-0.05, 0) is 11.1 Å². The van der Waals surface area contributed by atoms with Crippen LogP contribution in [0, 0.1) is 0 Å². The highest BCUT2D eigenvalue weighted by Gasteiger charge is 2.34. The molecule has 2 aromatic carbocycles. The van der Waals surface area contributed by atoms with Crippen molar-refractivity contribution in [1.29, 1.82) is 0 Å². The topological polar surface area (TPSA) is 124 Å². The lowest BCUT2D eigenvalue weighted by molar-refractivity contribution is -0.148. The molecule has 4 N–H and O–H groups in total. The molecular weight excluding hydrogens is 394 g/mol. The zero-order valence-corrected chi connectivity index (χ0v) is 16.5. The maximum Gasteiger partial charge on any atom is 0.324 e. The van der Waals surface area contributed by atoms with Gasteiger partial charge in [-0.1, -0.05) is 60.7 Å². The van der Waals surface area contributed by atoms with E-state index in [4.69, 9.17) is 10.9 Å². The lowest BCUT2D eigenvalue weighted by Gasteiger charge is -2.28. The smallest absolute Gasteiger partial charge is 0.324 e. The van der Waals surface area contributed by atoms with Crippen LogP contribution in [0.15, 0.2) is 60.7 Å². The molecule has 0 spiro atoms. The third-order valence-corrected chi connectivity index (χ3v) is 4.64. The molecule has 0 aromatic heterocycles. The number of hydrogen-bond donors (Lipinski definition) is 4. The molecule has 0 saturated carbocycles. The summed E-state index contributed by atoms with van der Waals surface area (Å²) in [5, 5.41) is 18.1. The van der Waals surface area contributed by atoms with Crippen molar-refractivity contribution >= 4 is 30.4 Å². The van der Waals surface area contributed by atoms with Gasteiger partial charge in [0.15, 0.2) is 6.10 Å². The lowest BCUT2D eigenvalue weighted by atomic mass is 10.1. The van der Waals surface area contributed by atoms with E-state index in [1.807, 2.05) is 60.7 Å². The van der Waals surface area contributed by atoms with Crippen LogP contribution in [0.3, 0.4) is 0 Å². The van der Waals surface area contributed by atoms with Gasteiger partial charge in [0.25, 0.3) is 11.8 Å². The van der Waals surface area contributed by atoms with Crippen molar-refractivity contribution in [2.75, 3.05) is 6.54 Å². The zero-order chi connectivity index (χ0) is 21.4. The van der Waals surface area contributed by atoms with Crippen LogP contribution in [0.25, 0.3) is 0 Å². The molecule has 8 nitrogen and oxygen atoms in total. The molecule has 0 fully saturated rings. The van der Waals surface area contributed by atoms with Crippen LogP contribution < -0.4 is 5.84 Å². The first-order valence-corrected chi connectivity index (χ1v) is 9.32. The number of amides is 2. The molecule has 0 radical (unpaired) electrons. The van der Waals surface area contributed by atoms with Gasteiger partial charge in [-0.15, -0.1) is 0 Å². The molecule has 2 amide bonds. The average molecular weight is 417 g/mol. The van der Waals surface area contributed by atoms with E-state index in [2.05, 4.69) is 12.6 Å². The molecule has 9 heteroatoms. The van der Waals surface area contributed by atoms with Gasteiger partial charge in [-0.2, -0.15) is 12.6 Å². The molecule has 2 rings (SSSR count). The quantitative estimate of drug-likeness (QED) is 0.206. The van der Waals surface area contributed by atoms with Crippen LogP contribution in [0.5, 0.6) is 0 Å². The Bertz CT molecular complexity index is 793. The van der Waals surface area contributed by atoms with Crippen LogP contribution in [-0.2, 0) is 27.5 Å². The second kappa shape index (κ2) is 10.6. The summed E-state index contributed by atoms with van der Waals surface area (Å²) < 4.78 is 0. The largest absolute Gasteiger partial charge is 0.480 e. The number of nitrogens with two attached hydrogens (primary N) is 1. The summed E-state index contributed by atoms with van der Waals surface area (Å²) in [6, 6.07) is 18.4. The molecule has 0 aliphatic carbocycles. The van der Waals surface area contributed by atoms with Gasteiger partial charge in [0, 0.05) is 13.1 Å². The van der Waals surface area contributed by atoms with Crippen molar-refractivity contribution in [1.82, 2.24) is 9.91 Å². The molecule has 0 unspecified atom stereocenters. The molecule has 2 atom stereocenters. The Kier molecular flexibility index (Phi) is 8.20. The fourth-order valence-electron chi connectivity index (χ4n) is 2.67. The number of carboxylic acids is 1. The lowest BCUT2D eigenvalue weighted by Crippen LogP contribution is -2.52. The minimum atomic E-state index is -1.79. The number of thiol groups is 1. The first-order chi connectivity index (χ1) is 13.8. The summed E-state index contributed by atoms with van der Waals surface area (Å²) >= 11 is 4.01. The van der Waals surface area contributed by atoms with Gasteiger partial charge < -0.3 is 15.1 Å². The van der Waals surface area contributed by atoms with Crippen molar-refractivity contribution in [3.8, 4) is 0 Å². The summed E-state index contributed by atoms with van der Waals surface area (Å²) in [7, 11) is 0. The van der Waals surface area contributed by atoms with E-state index in [0.717, 1.165) is 11.1 Å². The van der Waals surface area contributed by atoms with Crippen LogP contribution in [0.2, 0.25) is 0 Å². The van der Waals surface area contributed by atoms with Crippen LogP contribution in [0.4, 0.5) is 0 Å². The summed E-state index contributed by atoms with van der Waals surface area (Å²) in [6.07, 6.45) is -1.79. The highest BCUT2D eigenvalue weighted by atomic mass is 32.1. The summed E-state index contributed by atoms with van der Waals surface area (Å²) in [4.78, 5) is 37.3. The monoisotopic (exact) mass is 417 g/mol. The second-order valence-electron chi connectivity index (χ2n) is 6.42. The number of nitrogens with zero attached hydrogens (tertiary/aromatic N) is 2. The molecule has 2 aromatic rings. The third-order valence-electron chi connectivity index (χ3n) is 4.14. The van der Waals surface area contributed by atoms with Gasteiger partial charge in [0.05, 0.1) is 0 Å². The maximum atomic E-state index is 12.9. The van der Waals surface area contributed by atoms with Gasteiger partial charge in [0.2, 0.25) is 0 Å². The number of hydrazine groups is 1. The Morgan fingerprint density at radius 2 is 1.34 bits per heavy atom. The SMILES string of the molecule is NN(CC(=O)O)C(=O)[C@H](S)[C@H](O)C(=O)N(Cc1ccccc1)Cc1ccccc1. The number of rotatable bonds is 9. The van der Waals surface area contributed by atoms with Crippen LogP contribution in [-0.4, -0.2) is 55.8 Å². The maximum absolute atomic E-state index is 12.9. The molecule has 154 valence electrons. The van der Waals surface area contributed by atoms with Gasteiger partial charge >= 0.3 is 5.97 Å².